The first-order valence-corrected chi connectivity index (χ1v) is 13.9. The van der Waals surface area contributed by atoms with Crippen LogP contribution >= 0.6 is 0 Å². The molecule has 12 nitrogen and oxygen atoms in total. The van der Waals surface area contributed by atoms with Crippen molar-refractivity contribution in [3.05, 3.63) is 71.4 Å². The molecule has 0 aliphatic carbocycles. The number of hydrogen-bond donors (Lipinski definition) is 2. The summed E-state index contributed by atoms with van der Waals surface area (Å²) >= 11 is 0. The van der Waals surface area contributed by atoms with E-state index in [1.165, 1.54) is 19.2 Å². The predicted molar refractivity (Wildman–Crippen MR) is 150 cm³/mol. The molecule has 1 atom stereocenters. The molecule has 1 aromatic heterocycles. The molecule has 3 aromatic rings. The Morgan fingerprint density at radius 2 is 1.72 bits per heavy atom. The van der Waals surface area contributed by atoms with E-state index >= 15 is 4.39 Å². The quantitative estimate of drug-likeness (QED) is 0.415. The van der Waals surface area contributed by atoms with Crippen LogP contribution in [0.2, 0.25) is 0 Å². The number of nitrogens with one attached hydrogen (secondary N) is 2. The molecule has 2 aromatic carbocycles. The van der Waals surface area contributed by atoms with Crippen molar-refractivity contribution in [3.63, 3.8) is 0 Å². The third kappa shape index (κ3) is 5.41. The van der Waals surface area contributed by atoms with E-state index in [9.17, 15) is 24.0 Å². The summed E-state index contributed by atoms with van der Waals surface area (Å²) in [6.45, 7) is 2.30. The molecule has 43 heavy (non-hydrogen) atoms. The first-order chi connectivity index (χ1) is 20.7. The van der Waals surface area contributed by atoms with Crippen LogP contribution in [0.5, 0.6) is 11.6 Å². The molecule has 2 fully saturated rings. The average Bonchev–Trinajstić information content (AvgIpc) is 3.21. The fraction of sp³-hybridized carbons (Fsp3) is 0.300. The molecule has 220 valence electrons. The standard InChI is InChI=1S/C30H27FN6O6/c1-16(38)34-18-3-2-4-19(13-18)43-28-26(32-9-10-33-28)17-7-11-36(12-8-17)24-15-21-20(14-22(24)31)29(41)37(30(21)42)23-5-6-25(39)35-27(23)40/h2-4,9-10,13-15,17,23H,5-8,11-12H2,1H3,(H,34,38)(H,35,39,40). The molecule has 6 rings (SSSR count). The Morgan fingerprint density at radius 1 is 1.00 bits per heavy atom. The molecule has 5 amide bonds. The van der Waals surface area contributed by atoms with E-state index in [4.69, 9.17) is 4.74 Å². The number of anilines is 2. The maximum atomic E-state index is 15.3. The lowest BCUT2D eigenvalue weighted by Gasteiger charge is -2.34. The highest BCUT2D eigenvalue weighted by Gasteiger charge is 2.45. The maximum absolute atomic E-state index is 15.3. The fourth-order valence-corrected chi connectivity index (χ4v) is 5.76. The number of piperidine rings is 2. The summed E-state index contributed by atoms with van der Waals surface area (Å²) in [6.07, 6.45) is 4.31. The second-order valence-corrected chi connectivity index (χ2v) is 10.6. The Morgan fingerprint density at radius 3 is 2.44 bits per heavy atom. The van der Waals surface area contributed by atoms with E-state index in [1.807, 2.05) is 4.90 Å². The second-order valence-electron chi connectivity index (χ2n) is 10.6. The molecule has 13 heteroatoms. The van der Waals surface area contributed by atoms with Gasteiger partial charge in [-0.05, 0) is 43.5 Å². The highest BCUT2D eigenvalue weighted by Crippen LogP contribution is 2.38. The van der Waals surface area contributed by atoms with Gasteiger partial charge in [-0.1, -0.05) is 6.07 Å². The Labute approximate surface area is 245 Å². The molecule has 3 aliphatic heterocycles. The van der Waals surface area contributed by atoms with E-state index in [0.29, 0.717) is 48.9 Å². The molecule has 0 saturated carbocycles. The van der Waals surface area contributed by atoms with Gasteiger partial charge in [0.1, 0.15) is 23.3 Å². The first-order valence-electron chi connectivity index (χ1n) is 13.9. The molecule has 4 heterocycles. The highest BCUT2D eigenvalue weighted by molar-refractivity contribution is 6.23. The molecule has 0 bridgehead atoms. The van der Waals surface area contributed by atoms with Crippen molar-refractivity contribution in [1.29, 1.82) is 0 Å². The molecule has 2 saturated heterocycles. The van der Waals surface area contributed by atoms with E-state index in [2.05, 4.69) is 20.6 Å². The monoisotopic (exact) mass is 586 g/mol. The van der Waals surface area contributed by atoms with Gasteiger partial charge in [0, 0.05) is 56.5 Å². The Kier molecular flexibility index (Phi) is 7.30. The number of rotatable bonds is 6. The summed E-state index contributed by atoms with van der Waals surface area (Å²) in [6, 6.07) is 8.23. The van der Waals surface area contributed by atoms with E-state index in [0.717, 1.165) is 11.0 Å². The zero-order valence-electron chi connectivity index (χ0n) is 23.1. The zero-order valence-corrected chi connectivity index (χ0v) is 23.1. The molecule has 0 radical (unpaired) electrons. The van der Waals surface area contributed by atoms with Gasteiger partial charge in [0.05, 0.1) is 16.8 Å². The Hall–Kier alpha value is -5.20. The zero-order chi connectivity index (χ0) is 30.2. The molecule has 1 unspecified atom stereocenters. The van der Waals surface area contributed by atoms with Crippen LogP contribution in [0.15, 0.2) is 48.8 Å². The lowest BCUT2D eigenvalue weighted by molar-refractivity contribution is -0.136. The van der Waals surface area contributed by atoms with Crippen LogP contribution in [0.25, 0.3) is 0 Å². The van der Waals surface area contributed by atoms with Crippen molar-refractivity contribution in [2.24, 2.45) is 0 Å². The van der Waals surface area contributed by atoms with Crippen LogP contribution in [0.4, 0.5) is 15.8 Å². The van der Waals surface area contributed by atoms with E-state index in [1.54, 1.807) is 30.5 Å². The van der Waals surface area contributed by atoms with Gasteiger partial charge in [-0.15, -0.1) is 0 Å². The van der Waals surface area contributed by atoms with Gasteiger partial charge in [-0.3, -0.25) is 39.2 Å². The number of aromatic nitrogens is 2. The van der Waals surface area contributed by atoms with Gasteiger partial charge in [-0.2, -0.15) is 0 Å². The van der Waals surface area contributed by atoms with Crippen molar-refractivity contribution in [2.75, 3.05) is 23.3 Å². The minimum atomic E-state index is -1.12. The number of carbonyl (C=O) groups excluding carboxylic acids is 5. The SMILES string of the molecule is CC(=O)Nc1cccc(Oc2nccnc2C2CCN(c3cc4c(cc3F)C(=O)N(C3CCC(=O)NC3=O)C4=O)CC2)c1. The van der Waals surface area contributed by atoms with Gasteiger partial charge in [0.25, 0.3) is 11.8 Å². The second kappa shape index (κ2) is 11.2. The number of amides is 5. The lowest BCUT2D eigenvalue weighted by atomic mass is 9.92. The van der Waals surface area contributed by atoms with Crippen molar-refractivity contribution in [1.82, 2.24) is 20.2 Å². The topological polar surface area (TPSA) is 151 Å². The summed E-state index contributed by atoms with van der Waals surface area (Å²) in [5.74, 6) is -2.70. The van der Waals surface area contributed by atoms with Crippen LogP contribution in [0.3, 0.4) is 0 Å². The maximum Gasteiger partial charge on any atom is 0.262 e. The van der Waals surface area contributed by atoms with Gasteiger partial charge >= 0.3 is 0 Å². The van der Waals surface area contributed by atoms with Gasteiger partial charge < -0.3 is 15.0 Å². The molecular formula is C30H27FN6O6. The van der Waals surface area contributed by atoms with E-state index < -0.39 is 35.5 Å². The Bertz CT molecular complexity index is 1670. The number of ether oxygens (including phenoxy) is 1. The largest absolute Gasteiger partial charge is 0.437 e. The molecule has 2 N–H and O–H groups in total. The van der Waals surface area contributed by atoms with Gasteiger partial charge in [0.2, 0.25) is 23.6 Å². The van der Waals surface area contributed by atoms with Gasteiger partial charge in [-0.25, -0.2) is 9.37 Å². The van der Waals surface area contributed by atoms with Crippen LogP contribution < -0.4 is 20.3 Å². The van der Waals surface area contributed by atoms with Crippen molar-refractivity contribution in [2.45, 2.75) is 44.6 Å². The summed E-state index contributed by atoms with van der Waals surface area (Å²) in [7, 11) is 0. The third-order valence-corrected chi connectivity index (χ3v) is 7.79. The molecule has 3 aliphatic rings. The minimum absolute atomic E-state index is 0.000369. The number of fused-ring (bicyclic) bond motifs is 1. The number of halogens is 1. The lowest BCUT2D eigenvalue weighted by Crippen LogP contribution is -2.54. The number of hydrogen-bond acceptors (Lipinski definition) is 9. The Balaban J connectivity index is 1.17. The first kappa shape index (κ1) is 27.9. The highest BCUT2D eigenvalue weighted by atomic mass is 19.1. The van der Waals surface area contributed by atoms with Crippen molar-refractivity contribution >= 4 is 40.9 Å². The number of carbonyl (C=O) groups is 5. The molecule has 0 spiro atoms. The summed E-state index contributed by atoms with van der Waals surface area (Å²) in [5.41, 5.74) is 1.35. The smallest absolute Gasteiger partial charge is 0.262 e. The molecular weight excluding hydrogens is 559 g/mol. The summed E-state index contributed by atoms with van der Waals surface area (Å²) < 4.78 is 21.4. The van der Waals surface area contributed by atoms with Crippen molar-refractivity contribution in [3.8, 4) is 11.6 Å². The predicted octanol–water partition coefficient (Wildman–Crippen LogP) is 3.15. The summed E-state index contributed by atoms with van der Waals surface area (Å²) in [4.78, 5) is 73.1. The number of imide groups is 2. The van der Waals surface area contributed by atoms with Crippen molar-refractivity contribution < 1.29 is 33.1 Å². The fourth-order valence-electron chi connectivity index (χ4n) is 5.76. The number of benzene rings is 2. The minimum Gasteiger partial charge on any atom is -0.437 e. The third-order valence-electron chi connectivity index (χ3n) is 7.79. The van der Waals surface area contributed by atoms with Gasteiger partial charge in [0.15, 0.2) is 0 Å². The van der Waals surface area contributed by atoms with Crippen LogP contribution in [-0.4, -0.2) is 63.5 Å². The van der Waals surface area contributed by atoms with Crippen LogP contribution in [0, 0.1) is 5.82 Å². The number of nitrogens with zero attached hydrogens (tertiary/aromatic N) is 4. The van der Waals surface area contributed by atoms with E-state index in [-0.39, 0.29) is 41.5 Å². The van der Waals surface area contributed by atoms with Crippen LogP contribution in [-0.2, 0) is 14.4 Å². The van der Waals surface area contributed by atoms with Crippen LogP contribution in [0.1, 0.15) is 64.9 Å². The average molecular weight is 587 g/mol. The normalized spacial score (nSPS) is 18.9. The summed E-state index contributed by atoms with van der Waals surface area (Å²) in [5, 5.41) is 4.87.